The molecule has 94 valence electrons. The van der Waals surface area contributed by atoms with E-state index in [1.807, 2.05) is 36.4 Å². The smallest absolute Gasteiger partial charge is 0.134 e. The van der Waals surface area contributed by atoms with Crippen molar-refractivity contribution in [1.29, 1.82) is 0 Å². The Kier molecular flexibility index (Phi) is 5.80. The average molecular weight is 282 g/mol. The van der Waals surface area contributed by atoms with Crippen molar-refractivity contribution in [2.75, 3.05) is 6.54 Å². The highest BCUT2D eigenvalue weighted by Gasteiger charge is 2.04. The van der Waals surface area contributed by atoms with Crippen molar-refractivity contribution in [2.45, 2.75) is 6.54 Å². The summed E-state index contributed by atoms with van der Waals surface area (Å²) in [6, 6.07) is 11.4. The molecular formula is C14H13Cl2NO. The molecule has 0 aliphatic carbocycles. The van der Waals surface area contributed by atoms with Gasteiger partial charge in [-0.25, -0.2) is 0 Å². The van der Waals surface area contributed by atoms with Gasteiger partial charge in [0.15, 0.2) is 0 Å². The number of rotatable bonds is 4. The third-order valence-corrected chi connectivity index (χ3v) is 2.57. The lowest BCUT2D eigenvalue weighted by molar-refractivity contribution is 0.503. The van der Waals surface area contributed by atoms with E-state index in [1.54, 1.807) is 0 Å². The highest BCUT2D eigenvalue weighted by molar-refractivity contribution is 6.30. The molecule has 4 heteroatoms. The Morgan fingerprint density at radius 1 is 1.17 bits per heavy atom. The molecule has 0 radical (unpaired) electrons. The predicted octanol–water partition coefficient (Wildman–Crippen LogP) is 3.74. The van der Waals surface area contributed by atoms with Crippen molar-refractivity contribution in [1.82, 2.24) is 5.32 Å². The molecule has 0 atom stereocenters. The first kappa shape index (κ1) is 14.7. The fourth-order valence-corrected chi connectivity index (χ4v) is 1.63. The molecule has 1 heterocycles. The van der Waals surface area contributed by atoms with Crippen LogP contribution in [0.25, 0.3) is 11.3 Å². The second-order valence-electron chi connectivity index (χ2n) is 3.58. The van der Waals surface area contributed by atoms with Crippen LogP contribution in [0.15, 0.2) is 40.8 Å². The zero-order chi connectivity index (χ0) is 12.1. The number of benzene rings is 1. The van der Waals surface area contributed by atoms with Crippen molar-refractivity contribution < 1.29 is 4.42 Å². The Hall–Kier alpha value is -1.40. The van der Waals surface area contributed by atoms with E-state index >= 15 is 0 Å². The van der Waals surface area contributed by atoms with Crippen LogP contribution in [0.5, 0.6) is 0 Å². The van der Waals surface area contributed by atoms with Crippen molar-refractivity contribution in [3.8, 4) is 23.7 Å². The molecule has 0 bridgehead atoms. The molecule has 0 amide bonds. The van der Waals surface area contributed by atoms with E-state index in [2.05, 4.69) is 11.2 Å². The molecular weight excluding hydrogens is 269 g/mol. The highest BCUT2D eigenvalue weighted by atomic mass is 35.5. The van der Waals surface area contributed by atoms with Gasteiger partial charge in [-0.2, -0.15) is 0 Å². The summed E-state index contributed by atoms with van der Waals surface area (Å²) in [6.45, 7) is 1.18. The lowest BCUT2D eigenvalue weighted by Gasteiger charge is -1.98. The minimum atomic E-state index is 0. The molecule has 1 aromatic heterocycles. The van der Waals surface area contributed by atoms with Gasteiger partial charge in [0.2, 0.25) is 0 Å². The van der Waals surface area contributed by atoms with Crippen molar-refractivity contribution >= 4 is 24.0 Å². The summed E-state index contributed by atoms with van der Waals surface area (Å²) in [5, 5.41) is 3.79. The minimum absolute atomic E-state index is 0. The summed E-state index contributed by atoms with van der Waals surface area (Å²) in [5.41, 5.74) is 1.01. The van der Waals surface area contributed by atoms with Gasteiger partial charge < -0.3 is 4.42 Å². The normalized spacial score (nSPS) is 9.56. The van der Waals surface area contributed by atoms with E-state index in [-0.39, 0.29) is 12.4 Å². The first-order chi connectivity index (χ1) is 8.29. The molecule has 0 saturated heterocycles. The van der Waals surface area contributed by atoms with E-state index in [9.17, 15) is 0 Å². The van der Waals surface area contributed by atoms with Crippen LogP contribution in [0.2, 0.25) is 5.02 Å². The number of halogens is 2. The maximum absolute atomic E-state index is 5.83. The van der Waals surface area contributed by atoms with Gasteiger partial charge in [-0.05, 0) is 36.4 Å². The quantitative estimate of drug-likeness (QED) is 0.682. The average Bonchev–Trinajstić information content (AvgIpc) is 2.79. The molecule has 18 heavy (non-hydrogen) atoms. The molecule has 0 aliphatic rings. The van der Waals surface area contributed by atoms with Gasteiger partial charge in [0, 0.05) is 10.6 Å². The molecule has 0 unspecified atom stereocenters. The van der Waals surface area contributed by atoms with Gasteiger partial charge in [0.05, 0.1) is 13.1 Å². The fourth-order valence-electron chi connectivity index (χ4n) is 1.50. The molecule has 2 nitrogen and oxygen atoms in total. The summed E-state index contributed by atoms with van der Waals surface area (Å²) >= 11 is 5.83. The molecule has 0 aliphatic heterocycles. The summed E-state index contributed by atoms with van der Waals surface area (Å²) in [5.74, 6) is 4.21. The van der Waals surface area contributed by atoms with Gasteiger partial charge in [-0.1, -0.05) is 17.5 Å². The maximum Gasteiger partial charge on any atom is 0.134 e. The molecule has 0 saturated carbocycles. The fraction of sp³-hybridized carbons (Fsp3) is 0.143. The standard InChI is InChI=1S/C14H12ClNO.ClH/c1-2-9-16-10-13-7-8-14(17-13)11-3-5-12(15)6-4-11;/h1,3-8,16H,9-10H2;1H. The summed E-state index contributed by atoms with van der Waals surface area (Å²) in [7, 11) is 0. The predicted molar refractivity (Wildman–Crippen MR) is 76.9 cm³/mol. The molecule has 2 rings (SSSR count). The number of nitrogens with one attached hydrogen (secondary N) is 1. The molecule has 1 N–H and O–H groups in total. The van der Waals surface area contributed by atoms with E-state index in [4.69, 9.17) is 22.4 Å². The Bertz CT molecular complexity index is 525. The van der Waals surface area contributed by atoms with Crippen molar-refractivity contribution in [3.63, 3.8) is 0 Å². The van der Waals surface area contributed by atoms with Crippen LogP contribution in [0, 0.1) is 12.3 Å². The van der Waals surface area contributed by atoms with Crippen molar-refractivity contribution in [3.05, 3.63) is 47.2 Å². The number of hydrogen-bond donors (Lipinski definition) is 1. The van der Waals surface area contributed by atoms with Gasteiger partial charge >= 0.3 is 0 Å². The summed E-state index contributed by atoms with van der Waals surface area (Å²) in [4.78, 5) is 0. The molecule has 0 fully saturated rings. The number of furan rings is 1. The number of terminal acetylenes is 1. The van der Waals surface area contributed by atoms with Gasteiger partial charge in [0.1, 0.15) is 11.5 Å². The van der Waals surface area contributed by atoms with E-state index in [0.717, 1.165) is 22.1 Å². The van der Waals surface area contributed by atoms with Gasteiger partial charge in [-0.3, -0.25) is 5.32 Å². The zero-order valence-electron chi connectivity index (χ0n) is 9.65. The lowest BCUT2D eigenvalue weighted by atomic mass is 10.2. The van der Waals surface area contributed by atoms with Gasteiger partial charge in [0.25, 0.3) is 0 Å². The largest absolute Gasteiger partial charge is 0.460 e. The monoisotopic (exact) mass is 281 g/mol. The highest BCUT2D eigenvalue weighted by Crippen LogP contribution is 2.23. The molecule has 2 aromatic rings. The third-order valence-electron chi connectivity index (χ3n) is 2.32. The Morgan fingerprint density at radius 2 is 1.89 bits per heavy atom. The Balaban J connectivity index is 0.00000162. The summed E-state index contributed by atoms with van der Waals surface area (Å²) < 4.78 is 5.68. The first-order valence-electron chi connectivity index (χ1n) is 5.28. The van der Waals surface area contributed by atoms with Gasteiger partial charge in [-0.15, -0.1) is 18.8 Å². The number of hydrogen-bond acceptors (Lipinski definition) is 2. The second-order valence-corrected chi connectivity index (χ2v) is 4.02. The van der Waals surface area contributed by atoms with E-state index in [1.165, 1.54) is 0 Å². The van der Waals surface area contributed by atoms with Crippen LogP contribution in [-0.2, 0) is 6.54 Å². The van der Waals surface area contributed by atoms with Crippen molar-refractivity contribution in [2.24, 2.45) is 0 Å². The Morgan fingerprint density at radius 3 is 2.56 bits per heavy atom. The van der Waals surface area contributed by atoms with Crippen LogP contribution in [0.4, 0.5) is 0 Å². The Labute approximate surface area is 118 Å². The first-order valence-corrected chi connectivity index (χ1v) is 5.66. The lowest BCUT2D eigenvalue weighted by Crippen LogP contribution is -2.12. The maximum atomic E-state index is 5.83. The molecule has 0 spiro atoms. The third kappa shape index (κ3) is 3.82. The summed E-state index contributed by atoms with van der Waals surface area (Å²) in [6.07, 6.45) is 5.15. The zero-order valence-corrected chi connectivity index (χ0v) is 11.2. The minimum Gasteiger partial charge on any atom is -0.460 e. The van der Waals surface area contributed by atoms with Crippen LogP contribution < -0.4 is 5.32 Å². The van der Waals surface area contributed by atoms with E-state index < -0.39 is 0 Å². The van der Waals surface area contributed by atoms with Crippen LogP contribution >= 0.6 is 24.0 Å². The van der Waals surface area contributed by atoms with E-state index in [0.29, 0.717) is 13.1 Å². The second kappa shape index (κ2) is 7.13. The molecule has 1 aromatic carbocycles. The van der Waals surface area contributed by atoms with Crippen LogP contribution in [0.1, 0.15) is 5.76 Å². The SMILES string of the molecule is C#CCNCc1ccc(-c2ccc(Cl)cc2)o1.Cl. The van der Waals surface area contributed by atoms with Crippen LogP contribution in [0.3, 0.4) is 0 Å². The topological polar surface area (TPSA) is 25.2 Å². The van der Waals surface area contributed by atoms with Crippen LogP contribution in [-0.4, -0.2) is 6.54 Å².